The van der Waals surface area contributed by atoms with E-state index in [-0.39, 0.29) is 24.6 Å². The van der Waals surface area contributed by atoms with Gasteiger partial charge in [-0.15, -0.1) is 0 Å². The summed E-state index contributed by atoms with van der Waals surface area (Å²) in [6.45, 7) is 3.31. The summed E-state index contributed by atoms with van der Waals surface area (Å²) >= 11 is 0. The van der Waals surface area contributed by atoms with Gasteiger partial charge in [0.2, 0.25) is 0 Å². The minimum absolute atomic E-state index is 0.0446. The maximum absolute atomic E-state index is 12.0. The van der Waals surface area contributed by atoms with Crippen LogP contribution in [0, 0.1) is 0 Å². The smallest absolute Gasteiger partial charge is 0.412 e. The van der Waals surface area contributed by atoms with E-state index >= 15 is 0 Å². The first-order chi connectivity index (χ1) is 15.6. The van der Waals surface area contributed by atoms with Crippen molar-refractivity contribution >= 4 is 22.8 Å². The fraction of sp³-hybridized carbons (Fsp3) is 0.440. The van der Waals surface area contributed by atoms with Crippen LogP contribution in [0.2, 0.25) is 0 Å². The minimum atomic E-state index is -0.931. The molecule has 2 aromatic carbocycles. The van der Waals surface area contributed by atoms with E-state index in [4.69, 9.17) is 9.72 Å². The number of aliphatic hydroxyl groups is 1. The number of carboxylic acid groups (broad SMARTS) is 1. The fourth-order valence-corrected chi connectivity index (χ4v) is 5.30. The normalized spacial score (nSPS) is 20.3. The number of amides is 1. The lowest BCUT2D eigenvalue weighted by Gasteiger charge is -2.33. The van der Waals surface area contributed by atoms with Gasteiger partial charge >= 0.3 is 6.09 Å². The Morgan fingerprint density at radius 1 is 1.16 bits per heavy atom. The van der Waals surface area contributed by atoms with E-state index in [0.717, 1.165) is 59.4 Å². The van der Waals surface area contributed by atoms with Crippen LogP contribution >= 0.6 is 0 Å². The van der Waals surface area contributed by atoms with Crippen LogP contribution in [0.1, 0.15) is 55.1 Å². The molecule has 32 heavy (non-hydrogen) atoms. The monoisotopic (exact) mass is 435 g/mol. The van der Waals surface area contributed by atoms with Crippen LogP contribution in [0.3, 0.4) is 0 Å². The summed E-state index contributed by atoms with van der Waals surface area (Å²) in [4.78, 5) is 18.6. The molecule has 1 saturated heterocycles. The largest absolute Gasteiger partial charge is 0.465 e. The highest BCUT2D eigenvalue weighted by Crippen LogP contribution is 2.40. The number of imidazole rings is 1. The van der Waals surface area contributed by atoms with E-state index in [9.17, 15) is 15.0 Å². The molecule has 3 aromatic rings. The predicted octanol–water partition coefficient (Wildman–Crippen LogP) is 4.33. The van der Waals surface area contributed by atoms with Gasteiger partial charge in [-0.3, -0.25) is 4.90 Å². The molecule has 1 fully saturated rings. The summed E-state index contributed by atoms with van der Waals surface area (Å²) < 4.78 is 7.90. The lowest BCUT2D eigenvalue weighted by atomic mass is 9.95. The van der Waals surface area contributed by atoms with Crippen molar-refractivity contribution in [3.05, 3.63) is 59.4 Å². The standard InChI is InChI=1S/C25H29N3O4/c1-16-7-8-19-21(27(16)25(30)31)9-10-22-23(19)26-24(28(22)18-11-13-32-14-12-18)20(15-29)17-5-3-2-4-6-17/h2-6,9-10,16,18,20,29H,7-8,11-15H2,1H3,(H,30,31)/t16-,20+/m0/s1. The van der Waals surface area contributed by atoms with E-state index in [1.165, 1.54) is 4.90 Å². The van der Waals surface area contributed by atoms with Gasteiger partial charge in [-0.25, -0.2) is 9.78 Å². The number of carbonyl (C=O) groups is 1. The Balaban J connectivity index is 1.73. The maximum Gasteiger partial charge on any atom is 0.412 e. The average molecular weight is 436 g/mol. The van der Waals surface area contributed by atoms with E-state index < -0.39 is 6.09 Å². The number of hydrogen-bond acceptors (Lipinski definition) is 4. The number of rotatable bonds is 4. The van der Waals surface area contributed by atoms with Crippen LogP contribution in [0.4, 0.5) is 10.5 Å². The number of anilines is 1. The molecule has 168 valence electrons. The second-order valence-corrected chi connectivity index (χ2v) is 8.80. The molecule has 0 saturated carbocycles. The Morgan fingerprint density at radius 2 is 1.91 bits per heavy atom. The number of fused-ring (bicyclic) bond motifs is 3. The summed E-state index contributed by atoms with van der Waals surface area (Å²) in [7, 11) is 0. The average Bonchev–Trinajstić information content (AvgIpc) is 3.20. The minimum Gasteiger partial charge on any atom is -0.465 e. The summed E-state index contributed by atoms with van der Waals surface area (Å²) in [5, 5.41) is 20.2. The molecule has 2 atom stereocenters. The van der Waals surface area contributed by atoms with Crippen molar-refractivity contribution < 1.29 is 19.7 Å². The highest BCUT2D eigenvalue weighted by atomic mass is 16.5. The molecule has 2 aliphatic heterocycles. The van der Waals surface area contributed by atoms with E-state index in [0.29, 0.717) is 13.2 Å². The second kappa shape index (κ2) is 8.56. The highest BCUT2D eigenvalue weighted by molar-refractivity contribution is 5.94. The zero-order valence-corrected chi connectivity index (χ0v) is 18.3. The molecule has 2 aliphatic rings. The molecule has 0 spiro atoms. The molecule has 0 unspecified atom stereocenters. The van der Waals surface area contributed by atoms with Crippen molar-refractivity contribution in [1.82, 2.24) is 9.55 Å². The maximum atomic E-state index is 12.0. The molecular weight excluding hydrogens is 406 g/mol. The Hall–Kier alpha value is -2.90. The van der Waals surface area contributed by atoms with Crippen molar-refractivity contribution in [2.24, 2.45) is 0 Å². The molecule has 1 amide bonds. The molecule has 2 N–H and O–H groups in total. The lowest BCUT2D eigenvalue weighted by molar-refractivity contribution is 0.0694. The van der Waals surface area contributed by atoms with Crippen LogP contribution in [0.25, 0.3) is 11.0 Å². The Kier molecular flexibility index (Phi) is 5.61. The van der Waals surface area contributed by atoms with Crippen LogP contribution in [0.15, 0.2) is 42.5 Å². The quantitative estimate of drug-likeness (QED) is 0.637. The van der Waals surface area contributed by atoms with Crippen molar-refractivity contribution in [2.45, 2.75) is 50.6 Å². The Morgan fingerprint density at radius 3 is 2.59 bits per heavy atom. The van der Waals surface area contributed by atoms with Crippen molar-refractivity contribution in [2.75, 3.05) is 24.7 Å². The van der Waals surface area contributed by atoms with Gasteiger partial charge in [-0.1, -0.05) is 30.3 Å². The highest BCUT2D eigenvalue weighted by Gasteiger charge is 2.33. The van der Waals surface area contributed by atoms with E-state index in [1.807, 2.05) is 49.4 Å². The molecular formula is C25H29N3O4. The molecule has 7 nitrogen and oxygen atoms in total. The zero-order chi connectivity index (χ0) is 22.2. The van der Waals surface area contributed by atoms with Gasteiger partial charge in [-0.05, 0) is 50.3 Å². The van der Waals surface area contributed by atoms with Gasteiger partial charge in [0.1, 0.15) is 5.82 Å². The SMILES string of the molecule is C[C@H]1CCc2c(ccc3c2nc([C@H](CO)c2ccccc2)n3C2CCOCC2)N1C(=O)O. The first-order valence-electron chi connectivity index (χ1n) is 11.4. The van der Waals surface area contributed by atoms with E-state index in [2.05, 4.69) is 4.57 Å². The van der Waals surface area contributed by atoms with Gasteiger partial charge in [0.15, 0.2) is 0 Å². The number of ether oxygens (including phenoxy) is 1. The van der Waals surface area contributed by atoms with Crippen molar-refractivity contribution in [3.8, 4) is 0 Å². The van der Waals surface area contributed by atoms with Gasteiger partial charge in [0.05, 0.1) is 29.2 Å². The van der Waals surface area contributed by atoms with Crippen molar-refractivity contribution in [1.29, 1.82) is 0 Å². The topological polar surface area (TPSA) is 87.8 Å². The second-order valence-electron chi connectivity index (χ2n) is 8.80. The fourth-order valence-electron chi connectivity index (χ4n) is 5.30. The molecule has 3 heterocycles. The Bertz CT molecular complexity index is 1120. The number of aryl methyl sites for hydroxylation is 1. The first kappa shape index (κ1) is 21.0. The predicted molar refractivity (Wildman–Crippen MR) is 122 cm³/mol. The molecule has 0 bridgehead atoms. The van der Waals surface area contributed by atoms with Gasteiger partial charge in [0, 0.05) is 30.9 Å². The van der Waals surface area contributed by atoms with E-state index in [1.54, 1.807) is 0 Å². The van der Waals surface area contributed by atoms with Gasteiger partial charge in [-0.2, -0.15) is 0 Å². The van der Waals surface area contributed by atoms with Gasteiger partial charge in [0.25, 0.3) is 0 Å². The third-order valence-electron chi connectivity index (χ3n) is 6.94. The number of hydrogen-bond donors (Lipinski definition) is 2. The molecule has 5 rings (SSSR count). The third-order valence-corrected chi connectivity index (χ3v) is 6.94. The van der Waals surface area contributed by atoms with Crippen LogP contribution < -0.4 is 4.90 Å². The summed E-state index contributed by atoms with van der Waals surface area (Å²) in [6.07, 6.45) is 2.40. The Labute approximate surface area is 187 Å². The zero-order valence-electron chi connectivity index (χ0n) is 18.3. The summed E-state index contributed by atoms with van der Waals surface area (Å²) in [5.41, 5.74) is 4.61. The number of benzene rings is 2. The van der Waals surface area contributed by atoms with Crippen molar-refractivity contribution in [3.63, 3.8) is 0 Å². The van der Waals surface area contributed by atoms with Crippen LogP contribution in [0.5, 0.6) is 0 Å². The molecule has 7 heteroatoms. The molecule has 0 radical (unpaired) electrons. The van der Waals surface area contributed by atoms with Crippen LogP contribution in [-0.4, -0.2) is 51.7 Å². The lowest BCUT2D eigenvalue weighted by Crippen LogP contribution is -2.41. The number of aliphatic hydroxyl groups excluding tert-OH is 1. The van der Waals surface area contributed by atoms with Crippen LogP contribution in [-0.2, 0) is 11.2 Å². The number of nitrogens with zero attached hydrogens (tertiary/aromatic N) is 3. The summed E-state index contributed by atoms with van der Waals surface area (Å²) in [5.74, 6) is 0.592. The number of aromatic nitrogens is 2. The third kappa shape index (κ3) is 3.45. The molecule has 1 aromatic heterocycles. The first-order valence-corrected chi connectivity index (χ1v) is 11.4. The summed E-state index contributed by atoms with van der Waals surface area (Å²) in [6, 6.07) is 14.1. The molecule has 0 aliphatic carbocycles. The van der Waals surface area contributed by atoms with Gasteiger partial charge < -0.3 is 19.5 Å².